The van der Waals surface area contributed by atoms with E-state index in [0.29, 0.717) is 25.9 Å². The quantitative estimate of drug-likeness (QED) is 0.797. The lowest BCUT2D eigenvalue weighted by atomic mass is 10.1. The minimum absolute atomic E-state index is 0.00647. The van der Waals surface area contributed by atoms with Crippen LogP contribution in [0, 0.1) is 5.82 Å². The van der Waals surface area contributed by atoms with Gasteiger partial charge in [-0.3, -0.25) is 4.79 Å². The lowest BCUT2D eigenvalue weighted by Crippen LogP contribution is -2.46. The minimum Gasteiger partial charge on any atom is -0.396 e. The molecule has 116 valence electrons. The summed E-state index contributed by atoms with van der Waals surface area (Å²) >= 11 is 0. The molecule has 0 aromatic heterocycles. The van der Waals surface area contributed by atoms with E-state index < -0.39 is 15.8 Å². The first-order valence-corrected chi connectivity index (χ1v) is 8.43. The molecule has 1 fully saturated rings. The van der Waals surface area contributed by atoms with Gasteiger partial charge >= 0.3 is 0 Å². The average molecular weight is 315 g/mol. The molecule has 1 aromatic carbocycles. The van der Waals surface area contributed by atoms with Crippen molar-refractivity contribution in [1.29, 1.82) is 0 Å². The molecule has 1 heterocycles. The number of nitrogens with two attached hydrogens (primary N) is 1. The Morgan fingerprint density at radius 3 is 2.52 bits per heavy atom. The third-order valence-corrected chi connectivity index (χ3v) is 4.82. The van der Waals surface area contributed by atoms with E-state index in [1.807, 2.05) is 0 Å². The number of carbonyl (C=O) groups is 1. The Labute approximate surface area is 123 Å². The van der Waals surface area contributed by atoms with Crippen LogP contribution in [0.15, 0.2) is 18.2 Å². The van der Waals surface area contributed by atoms with Gasteiger partial charge in [0, 0.05) is 24.7 Å². The van der Waals surface area contributed by atoms with Crippen molar-refractivity contribution in [3.63, 3.8) is 0 Å². The van der Waals surface area contributed by atoms with Gasteiger partial charge in [0.2, 0.25) is 10.0 Å². The smallest absolute Gasteiger partial charge is 0.251 e. The molecule has 0 saturated carbocycles. The van der Waals surface area contributed by atoms with Crippen molar-refractivity contribution in [3.05, 3.63) is 29.6 Å². The van der Waals surface area contributed by atoms with Gasteiger partial charge in [0.05, 0.1) is 11.9 Å². The highest BCUT2D eigenvalue weighted by molar-refractivity contribution is 7.88. The molecule has 3 N–H and O–H groups in total. The highest BCUT2D eigenvalue weighted by Crippen LogP contribution is 2.15. The van der Waals surface area contributed by atoms with Gasteiger partial charge in [0.25, 0.3) is 5.91 Å². The van der Waals surface area contributed by atoms with Crippen molar-refractivity contribution < 1.29 is 17.6 Å². The van der Waals surface area contributed by atoms with E-state index in [4.69, 9.17) is 5.73 Å². The molecular weight excluding hydrogens is 297 g/mol. The van der Waals surface area contributed by atoms with Crippen LogP contribution in [0.5, 0.6) is 0 Å². The molecule has 0 spiro atoms. The number of halogens is 1. The number of hydrogen-bond donors (Lipinski definition) is 2. The van der Waals surface area contributed by atoms with Crippen molar-refractivity contribution in [2.75, 3.05) is 25.1 Å². The van der Waals surface area contributed by atoms with Crippen LogP contribution in [0.3, 0.4) is 0 Å². The third kappa shape index (κ3) is 3.92. The lowest BCUT2D eigenvalue weighted by molar-refractivity contribution is 0.0923. The summed E-state index contributed by atoms with van der Waals surface area (Å²) in [6, 6.07) is 3.78. The summed E-state index contributed by atoms with van der Waals surface area (Å²) in [6.45, 7) is 0.750. The van der Waals surface area contributed by atoms with E-state index in [9.17, 15) is 17.6 Å². The van der Waals surface area contributed by atoms with Crippen molar-refractivity contribution >= 4 is 21.6 Å². The summed E-state index contributed by atoms with van der Waals surface area (Å²) < 4.78 is 37.5. The summed E-state index contributed by atoms with van der Waals surface area (Å²) in [6.07, 6.45) is 2.25. The summed E-state index contributed by atoms with van der Waals surface area (Å²) in [5.74, 6) is -1.01. The van der Waals surface area contributed by atoms with Crippen LogP contribution in [0.4, 0.5) is 10.1 Å². The Morgan fingerprint density at radius 1 is 1.38 bits per heavy atom. The van der Waals surface area contributed by atoms with E-state index in [1.54, 1.807) is 0 Å². The standard InChI is InChI=1S/C13H18FN3O3S/c1-21(19,20)17-6-4-10(5-7-17)16-13(18)9-2-3-12(15)11(14)8-9/h2-3,8,10H,4-7,15H2,1H3,(H,16,18). The summed E-state index contributed by atoms with van der Waals surface area (Å²) in [5, 5.41) is 2.79. The monoisotopic (exact) mass is 315 g/mol. The molecular formula is C13H18FN3O3S. The highest BCUT2D eigenvalue weighted by atomic mass is 32.2. The molecule has 8 heteroatoms. The number of nitrogens with zero attached hydrogens (tertiary/aromatic N) is 1. The Hall–Kier alpha value is -1.67. The average Bonchev–Trinajstić information content (AvgIpc) is 2.41. The molecule has 21 heavy (non-hydrogen) atoms. The number of hydrogen-bond acceptors (Lipinski definition) is 4. The van der Waals surface area contributed by atoms with Crippen LogP contribution in [0.25, 0.3) is 0 Å². The zero-order valence-corrected chi connectivity index (χ0v) is 12.5. The van der Waals surface area contributed by atoms with Gasteiger partial charge in [-0.2, -0.15) is 0 Å². The van der Waals surface area contributed by atoms with E-state index in [2.05, 4.69) is 5.32 Å². The largest absolute Gasteiger partial charge is 0.396 e. The van der Waals surface area contributed by atoms with Crippen molar-refractivity contribution in [3.8, 4) is 0 Å². The highest BCUT2D eigenvalue weighted by Gasteiger charge is 2.26. The van der Waals surface area contributed by atoms with Crippen molar-refractivity contribution in [2.24, 2.45) is 0 Å². The van der Waals surface area contributed by atoms with Crippen LogP contribution in [-0.4, -0.2) is 44.0 Å². The topological polar surface area (TPSA) is 92.5 Å². The number of piperidine rings is 1. The fourth-order valence-corrected chi connectivity index (χ4v) is 3.14. The van der Waals surface area contributed by atoms with E-state index in [-0.39, 0.29) is 23.2 Å². The predicted molar refractivity (Wildman–Crippen MR) is 77.7 cm³/mol. The van der Waals surface area contributed by atoms with Gasteiger partial charge in [-0.1, -0.05) is 0 Å². The zero-order valence-electron chi connectivity index (χ0n) is 11.7. The molecule has 2 rings (SSSR count). The second-order valence-electron chi connectivity index (χ2n) is 5.15. The third-order valence-electron chi connectivity index (χ3n) is 3.52. The first-order chi connectivity index (χ1) is 9.77. The summed E-state index contributed by atoms with van der Waals surface area (Å²) in [4.78, 5) is 12.0. The van der Waals surface area contributed by atoms with Crippen molar-refractivity contribution in [2.45, 2.75) is 18.9 Å². The second-order valence-corrected chi connectivity index (χ2v) is 7.13. The molecule has 0 unspecified atom stereocenters. The number of benzene rings is 1. The fraction of sp³-hybridized carbons (Fsp3) is 0.462. The number of anilines is 1. The van der Waals surface area contributed by atoms with E-state index in [1.165, 1.54) is 22.7 Å². The maximum Gasteiger partial charge on any atom is 0.251 e. The Morgan fingerprint density at radius 2 is 2.00 bits per heavy atom. The molecule has 0 atom stereocenters. The molecule has 1 amide bonds. The first kappa shape index (κ1) is 15.7. The predicted octanol–water partition coefficient (Wildman–Crippen LogP) is 0.562. The Balaban J connectivity index is 1.94. The number of carbonyl (C=O) groups excluding carboxylic acids is 1. The van der Waals surface area contributed by atoms with Crippen LogP contribution in [-0.2, 0) is 10.0 Å². The van der Waals surface area contributed by atoms with Gasteiger partial charge in [-0.25, -0.2) is 17.1 Å². The first-order valence-electron chi connectivity index (χ1n) is 6.58. The molecule has 1 saturated heterocycles. The zero-order chi connectivity index (χ0) is 15.6. The second kappa shape index (κ2) is 5.98. The number of nitrogen functional groups attached to an aromatic ring is 1. The SMILES string of the molecule is CS(=O)(=O)N1CCC(NC(=O)c2ccc(N)c(F)c2)CC1. The van der Waals surface area contributed by atoms with Gasteiger partial charge in [0.15, 0.2) is 0 Å². The fourth-order valence-electron chi connectivity index (χ4n) is 2.27. The molecule has 1 aliphatic rings. The minimum atomic E-state index is -3.18. The molecule has 1 aromatic rings. The molecule has 6 nitrogen and oxygen atoms in total. The van der Waals surface area contributed by atoms with Crippen LogP contribution in [0.2, 0.25) is 0 Å². The number of sulfonamides is 1. The maximum atomic E-state index is 13.3. The molecule has 1 aliphatic heterocycles. The molecule has 0 radical (unpaired) electrons. The van der Waals surface area contributed by atoms with E-state index >= 15 is 0 Å². The normalized spacial score (nSPS) is 17.6. The molecule has 0 bridgehead atoms. The van der Waals surface area contributed by atoms with Crippen LogP contribution >= 0.6 is 0 Å². The van der Waals surface area contributed by atoms with Gasteiger partial charge in [-0.05, 0) is 31.0 Å². The van der Waals surface area contributed by atoms with Crippen LogP contribution < -0.4 is 11.1 Å². The molecule has 0 aliphatic carbocycles. The van der Waals surface area contributed by atoms with Gasteiger partial charge < -0.3 is 11.1 Å². The van der Waals surface area contributed by atoms with Crippen LogP contribution in [0.1, 0.15) is 23.2 Å². The van der Waals surface area contributed by atoms with E-state index in [0.717, 1.165) is 6.07 Å². The Bertz CT molecular complexity index is 640. The number of amides is 1. The Kier molecular flexibility index (Phi) is 4.48. The lowest BCUT2D eigenvalue weighted by Gasteiger charge is -2.30. The number of nitrogens with one attached hydrogen (secondary N) is 1. The summed E-state index contributed by atoms with van der Waals surface area (Å²) in [5.41, 5.74) is 5.55. The maximum absolute atomic E-state index is 13.3. The number of rotatable bonds is 3. The van der Waals surface area contributed by atoms with Crippen molar-refractivity contribution in [1.82, 2.24) is 9.62 Å². The van der Waals surface area contributed by atoms with Gasteiger partial charge in [-0.15, -0.1) is 0 Å². The van der Waals surface area contributed by atoms with Gasteiger partial charge in [0.1, 0.15) is 5.82 Å². The summed E-state index contributed by atoms with van der Waals surface area (Å²) in [7, 11) is -3.18.